The van der Waals surface area contributed by atoms with Crippen molar-refractivity contribution in [1.82, 2.24) is 9.71 Å². The third-order valence-electron chi connectivity index (χ3n) is 1.67. The molecule has 0 radical (unpaired) electrons. The van der Waals surface area contributed by atoms with Crippen LogP contribution < -0.4 is 4.72 Å². The molecule has 15 heavy (non-hydrogen) atoms. The molecule has 0 aliphatic heterocycles. The van der Waals surface area contributed by atoms with E-state index in [9.17, 15) is 8.42 Å². The van der Waals surface area contributed by atoms with Gasteiger partial charge in [-0.2, -0.15) is 0 Å². The van der Waals surface area contributed by atoms with E-state index in [0.717, 1.165) is 0 Å². The summed E-state index contributed by atoms with van der Waals surface area (Å²) < 4.78 is 26.6. The van der Waals surface area contributed by atoms with Crippen LogP contribution in [0.1, 0.15) is 13.8 Å². The van der Waals surface area contributed by atoms with Crippen LogP contribution in [0.25, 0.3) is 0 Å². The smallest absolute Gasteiger partial charge is 0.242 e. The fourth-order valence-corrected chi connectivity index (χ4v) is 2.62. The van der Waals surface area contributed by atoms with E-state index in [4.69, 9.17) is 0 Å². The Bertz CT molecular complexity index is 431. The number of nitrogens with zero attached hydrogens (tertiary/aromatic N) is 1. The summed E-state index contributed by atoms with van der Waals surface area (Å²) in [6.45, 7) is 4.32. The Kier molecular flexibility index (Phi) is 4.24. The fraction of sp³-hybridized carbons (Fsp3) is 0.444. The van der Waals surface area contributed by atoms with E-state index in [-0.39, 0.29) is 10.8 Å². The van der Waals surface area contributed by atoms with Gasteiger partial charge in [0.25, 0.3) is 0 Å². The number of aromatic nitrogens is 1. The van der Waals surface area contributed by atoms with E-state index in [0.29, 0.717) is 11.0 Å². The van der Waals surface area contributed by atoms with Gasteiger partial charge in [-0.3, -0.25) is 4.98 Å². The first-order valence-electron chi connectivity index (χ1n) is 4.52. The second-order valence-corrected chi connectivity index (χ2v) is 6.27. The molecule has 84 valence electrons. The molecule has 0 saturated heterocycles. The van der Waals surface area contributed by atoms with Crippen LogP contribution >= 0.6 is 15.9 Å². The van der Waals surface area contributed by atoms with Crippen LogP contribution in [-0.2, 0) is 10.0 Å². The first-order chi connectivity index (χ1) is 6.92. The van der Waals surface area contributed by atoms with E-state index in [1.807, 2.05) is 13.8 Å². The minimum absolute atomic E-state index is 0.178. The van der Waals surface area contributed by atoms with Crippen LogP contribution in [0.5, 0.6) is 0 Å². The molecule has 1 N–H and O–H groups in total. The second-order valence-electron chi connectivity index (χ2n) is 3.58. The van der Waals surface area contributed by atoms with Gasteiger partial charge in [0.15, 0.2) is 0 Å². The Hall–Kier alpha value is -0.460. The van der Waals surface area contributed by atoms with Crippen LogP contribution in [0.2, 0.25) is 0 Å². The molecule has 0 spiro atoms. The second kappa shape index (κ2) is 5.05. The maximum Gasteiger partial charge on any atom is 0.242 e. The lowest BCUT2D eigenvalue weighted by Gasteiger charge is -2.08. The van der Waals surface area contributed by atoms with Crippen molar-refractivity contribution in [2.45, 2.75) is 18.7 Å². The standard InChI is InChI=1S/C9H13BrN2O2S/c1-7(2)4-12-15(13,14)9-3-8(10)5-11-6-9/h3,5-7,12H,4H2,1-2H3. The van der Waals surface area contributed by atoms with E-state index in [1.54, 1.807) is 6.20 Å². The summed E-state index contributed by atoms with van der Waals surface area (Å²) >= 11 is 3.18. The zero-order chi connectivity index (χ0) is 11.5. The molecule has 6 heteroatoms. The summed E-state index contributed by atoms with van der Waals surface area (Å²) in [5.41, 5.74) is 0. The summed E-state index contributed by atoms with van der Waals surface area (Å²) in [6, 6.07) is 1.52. The molecule has 0 bridgehead atoms. The van der Waals surface area contributed by atoms with Gasteiger partial charge in [0.05, 0.1) is 0 Å². The molecular weight excluding hydrogens is 280 g/mol. The van der Waals surface area contributed by atoms with Crippen LogP contribution in [0.4, 0.5) is 0 Å². The number of hydrogen-bond acceptors (Lipinski definition) is 3. The maximum atomic E-state index is 11.7. The number of rotatable bonds is 4. The zero-order valence-electron chi connectivity index (χ0n) is 8.57. The van der Waals surface area contributed by atoms with E-state index >= 15 is 0 Å². The maximum absolute atomic E-state index is 11.7. The molecule has 0 fully saturated rings. The van der Waals surface area contributed by atoms with Crippen molar-refractivity contribution in [2.24, 2.45) is 5.92 Å². The monoisotopic (exact) mass is 292 g/mol. The van der Waals surface area contributed by atoms with Crippen molar-refractivity contribution < 1.29 is 8.42 Å². The van der Waals surface area contributed by atoms with Crippen molar-refractivity contribution in [3.63, 3.8) is 0 Å². The summed E-state index contributed by atoms with van der Waals surface area (Å²) in [6.07, 6.45) is 2.87. The third-order valence-corrected chi connectivity index (χ3v) is 3.50. The van der Waals surface area contributed by atoms with E-state index in [2.05, 4.69) is 25.6 Å². The highest BCUT2D eigenvalue weighted by atomic mass is 79.9. The quantitative estimate of drug-likeness (QED) is 0.920. The van der Waals surface area contributed by atoms with Gasteiger partial charge in [0.2, 0.25) is 10.0 Å². The Morgan fingerprint density at radius 1 is 1.47 bits per heavy atom. The topological polar surface area (TPSA) is 59.1 Å². The van der Waals surface area contributed by atoms with Gasteiger partial charge in [-0.1, -0.05) is 13.8 Å². The van der Waals surface area contributed by atoms with Crippen molar-refractivity contribution in [2.75, 3.05) is 6.54 Å². The van der Waals surface area contributed by atoms with Crippen LogP contribution in [-0.4, -0.2) is 19.9 Å². The predicted molar refractivity (Wildman–Crippen MR) is 62.0 cm³/mol. The van der Waals surface area contributed by atoms with Crippen molar-refractivity contribution in [3.05, 3.63) is 22.9 Å². The average molecular weight is 293 g/mol. The van der Waals surface area contributed by atoms with Crippen LogP contribution in [0.15, 0.2) is 27.8 Å². The van der Waals surface area contributed by atoms with Gasteiger partial charge in [0, 0.05) is 23.4 Å². The molecular formula is C9H13BrN2O2S. The average Bonchev–Trinajstić information content (AvgIpc) is 2.15. The van der Waals surface area contributed by atoms with Gasteiger partial charge < -0.3 is 0 Å². The lowest BCUT2D eigenvalue weighted by Crippen LogP contribution is -2.27. The summed E-state index contributed by atoms with van der Waals surface area (Å²) in [4.78, 5) is 3.99. The zero-order valence-corrected chi connectivity index (χ0v) is 11.0. The highest BCUT2D eigenvalue weighted by Gasteiger charge is 2.14. The molecule has 0 amide bonds. The molecule has 0 aliphatic rings. The summed E-state index contributed by atoms with van der Waals surface area (Å²) in [5.74, 6) is 0.278. The minimum atomic E-state index is -3.42. The number of pyridine rings is 1. The van der Waals surface area contributed by atoms with Gasteiger partial charge >= 0.3 is 0 Å². The van der Waals surface area contributed by atoms with Crippen molar-refractivity contribution >= 4 is 26.0 Å². The molecule has 0 unspecified atom stereocenters. The SMILES string of the molecule is CC(C)CNS(=O)(=O)c1cncc(Br)c1. The lowest BCUT2D eigenvalue weighted by molar-refractivity contribution is 0.559. The Balaban J connectivity index is 2.87. The van der Waals surface area contributed by atoms with Gasteiger partial charge in [-0.15, -0.1) is 0 Å². The van der Waals surface area contributed by atoms with Gasteiger partial charge in [0.1, 0.15) is 4.90 Å². The lowest BCUT2D eigenvalue weighted by atomic mass is 10.2. The molecule has 1 heterocycles. The summed E-state index contributed by atoms with van der Waals surface area (Å²) in [5, 5.41) is 0. The highest BCUT2D eigenvalue weighted by molar-refractivity contribution is 9.10. The van der Waals surface area contributed by atoms with Crippen molar-refractivity contribution in [3.8, 4) is 0 Å². The largest absolute Gasteiger partial charge is 0.262 e. The van der Waals surface area contributed by atoms with Crippen LogP contribution in [0, 0.1) is 5.92 Å². The molecule has 0 atom stereocenters. The van der Waals surface area contributed by atoms with Crippen molar-refractivity contribution in [1.29, 1.82) is 0 Å². The first kappa shape index (κ1) is 12.6. The highest BCUT2D eigenvalue weighted by Crippen LogP contribution is 2.13. The van der Waals surface area contributed by atoms with E-state index < -0.39 is 10.0 Å². The molecule has 0 saturated carbocycles. The van der Waals surface area contributed by atoms with Gasteiger partial charge in [-0.05, 0) is 27.9 Å². The Labute approximate surface area is 98.3 Å². The fourth-order valence-electron chi connectivity index (χ4n) is 0.899. The molecule has 1 aromatic rings. The normalized spacial score (nSPS) is 12.0. The molecule has 0 aliphatic carbocycles. The predicted octanol–water partition coefficient (Wildman–Crippen LogP) is 1.78. The Morgan fingerprint density at radius 3 is 2.67 bits per heavy atom. The van der Waals surface area contributed by atoms with Gasteiger partial charge in [-0.25, -0.2) is 13.1 Å². The summed E-state index contributed by atoms with van der Waals surface area (Å²) in [7, 11) is -3.42. The molecule has 4 nitrogen and oxygen atoms in total. The third kappa shape index (κ3) is 3.89. The number of sulfonamides is 1. The van der Waals surface area contributed by atoms with E-state index in [1.165, 1.54) is 12.3 Å². The first-order valence-corrected chi connectivity index (χ1v) is 6.79. The molecule has 0 aromatic carbocycles. The minimum Gasteiger partial charge on any atom is -0.262 e. The number of halogens is 1. The number of hydrogen-bond donors (Lipinski definition) is 1. The Morgan fingerprint density at radius 2 is 2.13 bits per heavy atom. The van der Waals surface area contributed by atoms with Crippen LogP contribution in [0.3, 0.4) is 0 Å². The molecule has 1 aromatic heterocycles. The molecule has 1 rings (SSSR count). The number of nitrogens with one attached hydrogen (secondary N) is 1.